The Morgan fingerprint density at radius 1 is 1.04 bits per heavy atom. The molecule has 0 bridgehead atoms. The van der Waals surface area contributed by atoms with Gasteiger partial charge in [0.05, 0.1) is 6.42 Å². The molecule has 0 radical (unpaired) electrons. The predicted octanol–water partition coefficient (Wildman–Crippen LogP) is 4.21. The molecule has 0 saturated heterocycles. The smallest absolute Gasteiger partial charge is 0.242 e. The highest BCUT2D eigenvalue weighted by molar-refractivity contribution is 6.31. The summed E-state index contributed by atoms with van der Waals surface area (Å²) in [5, 5.41) is 3.55. The highest BCUT2D eigenvalue weighted by Crippen LogP contribution is 2.19. The highest BCUT2D eigenvalue weighted by atomic mass is 35.5. The zero-order chi connectivity index (χ0) is 19.8. The van der Waals surface area contributed by atoms with Crippen molar-refractivity contribution < 1.29 is 9.59 Å². The Kier molecular flexibility index (Phi) is 7.86. The zero-order valence-corrected chi connectivity index (χ0v) is 16.9. The lowest BCUT2D eigenvalue weighted by molar-refractivity contribution is -0.140. The van der Waals surface area contributed by atoms with E-state index in [-0.39, 0.29) is 24.3 Å². The van der Waals surface area contributed by atoms with Crippen LogP contribution in [0.2, 0.25) is 5.02 Å². The average molecular weight is 387 g/mol. The summed E-state index contributed by atoms with van der Waals surface area (Å²) >= 11 is 6.29. The average Bonchev–Trinajstić information content (AvgIpc) is 2.67. The van der Waals surface area contributed by atoms with Gasteiger partial charge in [-0.25, -0.2) is 0 Å². The van der Waals surface area contributed by atoms with Gasteiger partial charge in [0, 0.05) is 17.6 Å². The minimum atomic E-state index is -0.591. The second-order valence-electron chi connectivity index (χ2n) is 6.77. The minimum Gasteiger partial charge on any atom is -0.352 e. The van der Waals surface area contributed by atoms with Crippen molar-refractivity contribution in [2.45, 2.75) is 52.2 Å². The van der Waals surface area contributed by atoms with E-state index in [9.17, 15) is 9.59 Å². The lowest BCUT2D eigenvalue weighted by Crippen LogP contribution is -2.49. The summed E-state index contributed by atoms with van der Waals surface area (Å²) in [5.41, 5.74) is 1.74. The van der Waals surface area contributed by atoms with E-state index in [0.29, 0.717) is 11.6 Å². The van der Waals surface area contributed by atoms with E-state index < -0.39 is 6.04 Å². The van der Waals surface area contributed by atoms with Crippen molar-refractivity contribution >= 4 is 23.4 Å². The normalized spacial score (nSPS) is 12.9. The molecule has 0 aromatic heterocycles. The lowest BCUT2D eigenvalue weighted by atomic mass is 10.1. The summed E-state index contributed by atoms with van der Waals surface area (Å²) in [4.78, 5) is 27.3. The maximum absolute atomic E-state index is 13.0. The first-order chi connectivity index (χ1) is 12.9. The number of hydrogen-bond acceptors (Lipinski definition) is 2. The number of carbonyl (C=O) groups excluding carboxylic acids is 2. The molecule has 0 aliphatic rings. The Hall–Kier alpha value is -2.33. The topological polar surface area (TPSA) is 49.4 Å². The van der Waals surface area contributed by atoms with Gasteiger partial charge in [0.2, 0.25) is 11.8 Å². The third kappa shape index (κ3) is 6.10. The van der Waals surface area contributed by atoms with Crippen LogP contribution in [0.4, 0.5) is 0 Å². The Morgan fingerprint density at radius 3 is 2.30 bits per heavy atom. The van der Waals surface area contributed by atoms with Crippen LogP contribution < -0.4 is 5.32 Å². The van der Waals surface area contributed by atoms with Crippen LogP contribution in [-0.2, 0) is 22.6 Å². The molecule has 144 valence electrons. The monoisotopic (exact) mass is 386 g/mol. The van der Waals surface area contributed by atoms with E-state index in [1.165, 1.54) is 0 Å². The highest BCUT2D eigenvalue weighted by Gasteiger charge is 2.27. The van der Waals surface area contributed by atoms with Crippen LogP contribution in [-0.4, -0.2) is 28.8 Å². The van der Waals surface area contributed by atoms with E-state index in [2.05, 4.69) is 5.32 Å². The van der Waals surface area contributed by atoms with Gasteiger partial charge in [-0.15, -0.1) is 0 Å². The molecule has 0 saturated carbocycles. The zero-order valence-electron chi connectivity index (χ0n) is 16.1. The third-order valence-electron chi connectivity index (χ3n) is 4.67. The van der Waals surface area contributed by atoms with E-state index in [4.69, 9.17) is 11.6 Å². The molecule has 2 amide bonds. The van der Waals surface area contributed by atoms with Crippen LogP contribution in [0.1, 0.15) is 38.3 Å². The summed E-state index contributed by atoms with van der Waals surface area (Å²) in [6.07, 6.45) is 1.08. The Labute approximate surface area is 166 Å². The van der Waals surface area contributed by atoms with Crippen LogP contribution >= 0.6 is 11.6 Å². The largest absolute Gasteiger partial charge is 0.352 e. The molecule has 5 heteroatoms. The molecule has 2 unspecified atom stereocenters. The molecular weight excluding hydrogens is 360 g/mol. The van der Waals surface area contributed by atoms with Crippen LogP contribution in [0, 0.1) is 0 Å². The van der Waals surface area contributed by atoms with Gasteiger partial charge in [0.15, 0.2) is 0 Å². The Morgan fingerprint density at radius 2 is 1.67 bits per heavy atom. The summed E-state index contributed by atoms with van der Waals surface area (Å²) in [5.74, 6) is -0.259. The molecule has 0 heterocycles. The fourth-order valence-corrected chi connectivity index (χ4v) is 2.93. The first kappa shape index (κ1) is 21.0. The second kappa shape index (κ2) is 10.1. The number of amides is 2. The number of nitrogens with one attached hydrogen (secondary N) is 1. The van der Waals surface area contributed by atoms with Gasteiger partial charge in [-0.3, -0.25) is 9.59 Å². The van der Waals surface area contributed by atoms with Gasteiger partial charge in [0.1, 0.15) is 6.04 Å². The number of rotatable bonds is 8. The molecule has 2 rings (SSSR count). The summed E-state index contributed by atoms with van der Waals surface area (Å²) in [7, 11) is 0. The molecule has 0 aliphatic heterocycles. The molecule has 2 atom stereocenters. The Balaban J connectivity index is 2.22. The quantitative estimate of drug-likeness (QED) is 0.738. The SMILES string of the molecule is CCC(C)NC(=O)C(C)N(Cc1ccccc1Cl)C(=O)Cc1ccccc1. The predicted molar refractivity (Wildman–Crippen MR) is 110 cm³/mol. The van der Waals surface area contributed by atoms with Crippen molar-refractivity contribution in [2.24, 2.45) is 0 Å². The lowest BCUT2D eigenvalue weighted by Gasteiger charge is -2.30. The molecule has 2 aromatic carbocycles. The first-order valence-corrected chi connectivity index (χ1v) is 9.67. The van der Waals surface area contributed by atoms with E-state index in [0.717, 1.165) is 17.5 Å². The van der Waals surface area contributed by atoms with Gasteiger partial charge >= 0.3 is 0 Å². The van der Waals surface area contributed by atoms with Crippen LogP contribution in [0.25, 0.3) is 0 Å². The molecule has 2 aromatic rings. The van der Waals surface area contributed by atoms with Gasteiger partial charge < -0.3 is 10.2 Å². The number of hydrogen-bond donors (Lipinski definition) is 1. The summed E-state index contributed by atoms with van der Waals surface area (Å²) in [6, 6.07) is 16.4. The maximum Gasteiger partial charge on any atom is 0.242 e. The van der Waals surface area contributed by atoms with Crippen molar-refractivity contribution in [3.63, 3.8) is 0 Å². The van der Waals surface area contributed by atoms with Gasteiger partial charge in [-0.05, 0) is 37.5 Å². The summed E-state index contributed by atoms with van der Waals surface area (Å²) < 4.78 is 0. The minimum absolute atomic E-state index is 0.0614. The van der Waals surface area contributed by atoms with Crippen molar-refractivity contribution in [2.75, 3.05) is 0 Å². The second-order valence-corrected chi connectivity index (χ2v) is 7.18. The van der Waals surface area contributed by atoms with Crippen LogP contribution in [0.3, 0.4) is 0 Å². The maximum atomic E-state index is 13.0. The third-order valence-corrected chi connectivity index (χ3v) is 5.03. The van der Waals surface area contributed by atoms with Crippen LogP contribution in [0.15, 0.2) is 54.6 Å². The van der Waals surface area contributed by atoms with Gasteiger partial charge in [-0.1, -0.05) is 67.1 Å². The standard InChI is InChI=1S/C22H27ClN2O2/c1-4-16(2)24-22(27)17(3)25(15-19-12-8-9-13-20(19)23)21(26)14-18-10-6-5-7-11-18/h5-13,16-17H,4,14-15H2,1-3H3,(H,24,27). The van der Waals surface area contributed by atoms with E-state index in [1.54, 1.807) is 17.9 Å². The number of halogens is 1. The molecule has 4 nitrogen and oxygen atoms in total. The fourth-order valence-electron chi connectivity index (χ4n) is 2.73. The van der Waals surface area contributed by atoms with Crippen molar-refractivity contribution in [3.8, 4) is 0 Å². The van der Waals surface area contributed by atoms with E-state index in [1.807, 2.05) is 62.4 Å². The molecular formula is C22H27ClN2O2. The molecule has 0 fully saturated rings. The van der Waals surface area contributed by atoms with Gasteiger partial charge in [0.25, 0.3) is 0 Å². The summed E-state index contributed by atoms with van der Waals surface area (Å²) in [6.45, 7) is 6.02. The van der Waals surface area contributed by atoms with E-state index >= 15 is 0 Å². The van der Waals surface area contributed by atoms with Gasteiger partial charge in [-0.2, -0.15) is 0 Å². The van der Waals surface area contributed by atoms with Crippen molar-refractivity contribution in [1.29, 1.82) is 0 Å². The molecule has 0 spiro atoms. The first-order valence-electron chi connectivity index (χ1n) is 9.29. The van der Waals surface area contributed by atoms with Crippen molar-refractivity contribution in [1.82, 2.24) is 10.2 Å². The number of carbonyl (C=O) groups is 2. The van der Waals surface area contributed by atoms with Crippen molar-refractivity contribution in [3.05, 3.63) is 70.7 Å². The molecule has 0 aliphatic carbocycles. The molecule has 1 N–H and O–H groups in total. The fraction of sp³-hybridized carbons (Fsp3) is 0.364. The Bertz CT molecular complexity index is 764. The van der Waals surface area contributed by atoms with Crippen LogP contribution in [0.5, 0.6) is 0 Å². The molecule has 27 heavy (non-hydrogen) atoms. The number of nitrogens with zero attached hydrogens (tertiary/aromatic N) is 1. The number of benzene rings is 2.